The van der Waals surface area contributed by atoms with E-state index < -0.39 is 0 Å². The van der Waals surface area contributed by atoms with Crippen LogP contribution in [0.1, 0.15) is 39.5 Å². The summed E-state index contributed by atoms with van der Waals surface area (Å²) >= 11 is 0. The molecular formula is C13H24N2O2. The molecule has 0 aromatic heterocycles. The second-order valence-corrected chi connectivity index (χ2v) is 5.25. The van der Waals surface area contributed by atoms with Crippen molar-refractivity contribution in [1.29, 1.82) is 0 Å². The summed E-state index contributed by atoms with van der Waals surface area (Å²) in [5.41, 5.74) is 0. The minimum Gasteiger partial charge on any atom is -0.450 e. The SMILES string of the molecule is CCOC(=O)N1CC(CC)CC(NC2CC2)C1. The van der Waals surface area contributed by atoms with Crippen LogP contribution in [0.25, 0.3) is 0 Å². The van der Waals surface area contributed by atoms with E-state index >= 15 is 0 Å². The zero-order valence-electron chi connectivity index (χ0n) is 10.9. The Morgan fingerprint density at radius 1 is 1.29 bits per heavy atom. The molecule has 2 fully saturated rings. The monoisotopic (exact) mass is 240 g/mol. The number of ether oxygens (including phenoxy) is 1. The van der Waals surface area contributed by atoms with Gasteiger partial charge < -0.3 is 15.0 Å². The number of nitrogens with one attached hydrogen (secondary N) is 1. The van der Waals surface area contributed by atoms with Crippen molar-refractivity contribution in [3.8, 4) is 0 Å². The van der Waals surface area contributed by atoms with Gasteiger partial charge in [-0.15, -0.1) is 0 Å². The summed E-state index contributed by atoms with van der Waals surface area (Å²) in [7, 11) is 0. The Bertz CT molecular complexity index is 266. The molecule has 0 spiro atoms. The van der Waals surface area contributed by atoms with Gasteiger partial charge in [-0.25, -0.2) is 4.79 Å². The summed E-state index contributed by atoms with van der Waals surface area (Å²) in [6, 6.07) is 1.17. The standard InChI is InChI=1S/C13H24N2O2/c1-3-10-7-12(14-11-5-6-11)9-15(8-10)13(16)17-4-2/h10-12,14H,3-9H2,1-2H3. The average Bonchev–Trinajstić information content (AvgIpc) is 3.13. The fourth-order valence-electron chi connectivity index (χ4n) is 2.57. The summed E-state index contributed by atoms with van der Waals surface area (Å²) in [6.07, 6.45) is 4.79. The Hall–Kier alpha value is -0.770. The molecule has 2 rings (SSSR count). The number of carbonyl (C=O) groups is 1. The van der Waals surface area contributed by atoms with Gasteiger partial charge in [0.2, 0.25) is 0 Å². The van der Waals surface area contributed by atoms with Crippen LogP contribution >= 0.6 is 0 Å². The van der Waals surface area contributed by atoms with Gasteiger partial charge in [-0.05, 0) is 32.1 Å². The van der Waals surface area contributed by atoms with E-state index in [9.17, 15) is 4.79 Å². The number of piperidine rings is 1. The molecule has 1 amide bonds. The van der Waals surface area contributed by atoms with Crippen LogP contribution in [0.5, 0.6) is 0 Å². The van der Waals surface area contributed by atoms with Crippen molar-refractivity contribution in [3.05, 3.63) is 0 Å². The highest BCUT2D eigenvalue weighted by Crippen LogP contribution is 2.25. The first kappa shape index (κ1) is 12.7. The number of hydrogen-bond acceptors (Lipinski definition) is 3. The minimum absolute atomic E-state index is 0.145. The van der Waals surface area contributed by atoms with E-state index in [0.29, 0.717) is 24.6 Å². The van der Waals surface area contributed by atoms with Crippen molar-refractivity contribution < 1.29 is 9.53 Å². The van der Waals surface area contributed by atoms with E-state index in [1.807, 2.05) is 11.8 Å². The first-order chi connectivity index (χ1) is 8.22. The van der Waals surface area contributed by atoms with E-state index in [1.54, 1.807) is 0 Å². The fraction of sp³-hybridized carbons (Fsp3) is 0.923. The highest BCUT2D eigenvalue weighted by molar-refractivity contribution is 5.67. The predicted octanol–water partition coefficient (Wildman–Crippen LogP) is 2.00. The Morgan fingerprint density at radius 2 is 2.06 bits per heavy atom. The van der Waals surface area contributed by atoms with Gasteiger partial charge in [0.15, 0.2) is 0 Å². The molecule has 98 valence electrons. The Kier molecular flexibility index (Phi) is 4.26. The van der Waals surface area contributed by atoms with Crippen molar-refractivity contribution in [2.45, 2.75) is 51.6 Å². The minimum atomic E-state index is -0.145. The summed E-state index contributed by atoms with van der Waals surface area (Å²) < 4.78 is 5.10. The summed E-state index contributed by atoms with van der Waals surface area (Å²) in [5, 5.41) is 3.63. The molecule has 0 aromatic carbocycles. The Balaban J connectivity index is 1.88. The van der Waals surface area contributed by atoms with Gasteiger partial charge in [0, 0.05) is 25.2 Å². The molecule has 2 unspecified atom stereocenters. The van der Waals surface area contributed by atoms with Crippen molar-refractivity contribution in [1.82, 2.24) is 10.2 Å². The molecule has 17 heavy (non-hydrogen) atoms. The van der Waals surface area contributed by atoms with Crippen molar-refractivity contribution in [2.75, 3.05) is 19.7 Å². The van der Waals surface area contributed by atoms with Crippen LogP contribution in [0.15, 0.2) is 0 Å². The quantitative estimate of drug-likeness (QED) is 0.817. The van der Waals surface area contributed by atoms with Crippen LogP contribution in [0.3, 0.4) is 0 Å². The third-order valence-corrected chi connectivity index (χ3v) is 3.69. The topological polar surface area (TPSA) is 41.6 Å². The van der Waals surface area contributed by atoms with E-state index in [0.717, 1.165) is 19.5 Å². The number of carbonyl (C=O) groups excluding carboxylic acids is 1. The number of amides is 1. The predicted molar refractivity (Wildman–Crippen MR) is 66.9 cm³/mol. The smallest absolute Gasteiger partial charge is 0.409 e. The normalized spacial score (nSPS) is 29.2. The summed E-state index contributed by atoms with van der Waals surface area (Å²) in [5.74, 6) is 0.615. The van der Waals surface area contributed by atoms with Gasteiger partial charge in [0.1, 0.15) is 0 Å². The van der Waals surface area contributed by atoms with Gasteiger partial charge in [0.05, 0.1) is 6.61 Å². The van der Waals surface area contributed by atoms with Crippen LogP contribution in [0.2, 0.25) is 0 Å². The van der Waals surface area contributed by atoms with E-state index in [2.05, 4.69) is 12.2 Å². The maximum absolute atomic E-state index is 11.8. The lowest BCUT2D eigenvalue weighted by molar-refractivity contribution is 0.0779. The van der Waals surface area contributed by atoms with Gasteiger partial charge in [-0.1, -0.05) is 13.3 Å². The van der Waals surface area contributed by atoms with E-state index in [4.69, 9.17) is 4.74 Å². The number of nitrogens with zero attached hydrogens (tertiary/aromatic N) is 1. The van der Waals surface area contributed by atoms with Crippen molar-refractivity contribution >= 4 is 6.09 Å². The second-order valence-electron chi connectivity index (χ2n) is 5.25. The number of likely N-dealkylation sites (tertiary alicyclic amines) is 1. The van der Waals surface area contributed by atoms with E-state index in [1.165, 1.54) is 19.3 Å². The molecule has 4 heteroatoms. The van der Waals surface area contributed by atoms with Crippen LogP contribution in [0.4, 0.5) is 4.79 Å². The zero-order valence-corrected chi connectivity index (χ0v) is 10.9. The third kappa shape index (κ3) is 3.60. The maximum Gasteiger partial charge on any atom is 0.409 e. The molecule has 1 saturated carbocycles. The first-order valence-electron chi connectivity index (χ1n) is 6.90. The fourth-order valence-corrected chi connectivity index (χ4v) is 2.57. The average molecular weight is 240 g/mol. The molecular weight excluding hydrogens is 216 g/mol. The molecule has 0 aromatic rings. The second kappa shape index (κ2) is 5.71. The lowest BCUT2D eigenvalue weighted by Gasteiger charge is -2.37. The molecule has 2 atom stereocenters. The molecule has 1 saturated heterocycles. The molecule has 2 aliphatic rings. The van der Waals surface area contributed by atoms with Crippen molar-refractivity contribution in [3.63, 3.8) is 0 Å². The zero-order chi connectivity index (χ0) is 12.3. The van der Waals surface area contributed by atoms with Gasteiger partial charge in [-0.2, -0.15) is 0 Å². The molecule has 1 heterocycles. The molecule has 1 aliphatic carbocycles. The highest BCUT2D eigenvalue weighted by atomic mass is 16.6. The molecule has 4 nitrogen and oxygen atoms in total. The van der Waals surface area contributed by atoms with Gasteiger partial charge in [-0.3, -0.25) is 0 Å². The van der Waals surface area contributed by atoms with Gasteiger partial charge in [0.25, 0.3) is 0 Å². The largest absolute Gasteiger partial charge is 0.450 e. The highest BCUT2D eigenvalue weighted by Gasteiger charge is 2.33. The molecule has 1 N–H and O–H groups in total. The molecule has 0 bridgehead atoms. The number of rotatable bonds is 4. The summed E-state index contributed by atoms with van der Waals surface area (Å²) in [4.78, 5) is 13.7. The van der Waals surface area contributed by atoms with Crippen molar-refractivity contribution in [2.24, 2.45) is 5.92 Å². The molecule has 0 radical (unpaired) electrons. The lowest BCUT2D eigenvalue weighted by atomic mass is 9.92. The Labute approximate surface area is 104 Å². The van der Waals surface area contributed by atoms with Gasteiger partial charge >= 0.3 is 6.09 Å². The van der Waals surface area contributed by atoms with Crippen LogP contribution in [-0.2, 0) is 4.74 Å². The maximum atomic E-state index is 11.8. The van der Waals surface area contributed by atoms with E-state index in [-0.39, 0.29) is 6.09 Å². The van der Waals surface area contributed by atoms with Crippen LogP contribution in [-0.4, -0.2) is 42.8 Å². The lowest BCUT2D eigenvalue weighted by Crippen LogP contribution is -2.51. The van der Waals surface area contributed by atoms with Crippen LogP contribution in [0, 0.1) is 5.92 Å². The molecule has 1 aliphatic heterocycles. The third-order valence-electron chi connectivity index (χ3n) is 3.69. The number of hydrogen-bond donors (Lipinski definition) is 1. The first-order valence-corrected chi connectivity index (χ1v) is 6.90. The van der Waals surface area contributed by atoms with Crippen LogP contribution < -0.4 is 5.32 Å². The Morgan fingerprint density at radius 3 is 2.65 bits per heavy atom. The summed E-state index contributed by atoms with van der Waals surface area (Å²) in [6.45, 7) is 6.20.